The highest BCUT2D eigenvalue weighted by molar-refractivity contribution is 9.10. The van der Waals surface area contributed by atoms with E-state index in [9.17, 15) is 9.59 Å². The third-order valence-corrected chi connectivity index (χ3v) is 6.21. The lowest BCUT2D eigenvalue weighted by atomic mass is 10.1. The second-order valence-corrected chi connectivity index (χ2v) is 8.88. The lowest BCUT2D eigenvalue weighted by molar-refractivity contribution is 0.102. The zero-order chi connectivity index (χ0) is 25.1. The summed E-state index contributed by atoms with van der Waals surface area (Å²) < 4.78 is 18.7. The molecule has 0 aliphatic carbocycles. The van der Waals surface area contributed by atoms with Crippen LogP contribution in [0.3, 0.4) is 0 Å². The van der Waals surface area contributed by atoms with Crippen LogP contribution in [0, 0.1) is 4.77 Å². The molecule has 3 aromatic carbocycles. The molecular formula is C25H22BrN3O5S. The molecule has 0 fully saturated rings. The molecule has 0 atom stereocenters. The van der Waals surface area contributed by atoms with Gasteiger partial charge in [0.05, 0.1) is 38.8 Å². The first-order valence-electron chi connectivity index (χ1n) is 10.5. The van der Waals surface area contributed by atoms with E-state index in [0.29, 0.717) is 45.9 Å². The molecule has 1 heterocycles. The number of fused-ring (bicyclic) bond motifs is 1. The van der Waals surface area contributed by atoms with Crippen molar-refractivity contribution in [1.82, 2.24) is 9.55 Å². The monoisotopic (exact) mass is 555 g/mol. The Balaban J connectivity index is 1.66. The van der Waals surface area contributed by atoms with E-state index in [2.05, 4.69) is 26.2 Å². The molecule has 0 bridgehead atoms. The van der Waals surface area contributed by atoms with Gasteiger partial charge in [-0.2, -0.15) is 0 Å². The average Bonchev–Trinajstić information content (AvgIpc) is 2.85. The van der Waals surface area contributed by atoms with Gasteiger partial charge in [-0.25, -0.2) is 0 Å². The predicted octanol–water partition coefficient (Wildman–Crippen LogP) is 5.15. The smallest absolute Gasteiger partial charge is 0.262 e. The number of halogens is 1. The van der Waals surface area contributed by atoms with Gasteiger partial charge >= 0.3 is 0 Å². The van der Waals surface area contributed by atoms with Crippen molar-refractivity contribution in [2.24, 2.45) is 0 Å². The number of hydrogen-bond donors (Lipinski definition) is 2. The molecule has 35 heavy (non-hydrogen) atoms. The van der Waals surface area contributed by atoms with Crippen molar-refractivity contribution in [2.45, 2.75) is 6.54 Å². The van der Waals surface area contributed by atoms with Crippen LogP contribution in [0.25, 0.3) is 10.9 Å². The molecule has 180 valence electrons. The van der Waals surface area contributed by atoms with Crippen molar-refractivity contribution in [1.29, 1.82) is 0 Å². The number of benzene rings is 3. The van der Waals surface area contributed by atoms with Gasteiger partial charge in [-0.3, -0.25) is 14.2 Å². The van der Waals surface area contributed by atoms with Gasteiger partial charge in [0.25, 0.3) is 11.5 Å². The summed E-state index contributed by atoms with van der Waals surface area (Å²) in [6.45, 7) is 0.326. The van der Waals surface area contributed by atoms with Gasteiger partial charge in [0.2, 0.25) is 5.75 Å². The van der Waals surface area contributed by atoms with Crippen molar-refractivity contribution in [3.8, 4) is 17.2 Å². The fourth-order valence-corrected chi connectivity index (χ4v) is 4.42. The van der Waals surface area contributed by atoms with Gasteiger partial charge in [-0.05, 0) is 48.1 Å². The molecule has 0 aliphatic heterocycles. The molecule has 10 heteroatoms. The fourth-order valence-electron chi connectivity index (χ4n) is 3.71. The molecule has 0 spiro atoms. The molecule has 0 aliphatic rings. The summed E-state index contributed by atoms with van der Waals surface area (Å²) in [6.07, 6.45) is 0. The highest BCUT2D eigenvalue weighted by Crippen LogP contribution is 2.40. The second kappa shape index (κ2) is 10.3. The maximum Gasteiger partial charge on any atom is 0.262 e. The molecule has 1 amide bonds. The number of hydrogen-bond acceptors (Lipinski definition) is 6. The predicted molar refractivity (Wildman–Crippen MR) is 141 cm³/mol. The van der Waals surface area contributed by atoms with Crippen LogP contribution in [0.5, 0.6) is 17.2 Å². The van der Waals surface area contributed by atoms with E-state index in [1.165, 1.54) is 25.9 Å². The average molecular weight is 556 g/mol. The van der Waals surface area contributed by atoms with Crippen LogP contribution in [0.1, 0.15) is 15.9 Å². The van der Waals surface area contributed by atoms with Crippen LogP contribution in [-0.2, 0) is 6.54 Å². The van der Waals surface area contributed by atoms with E-state index >= 15 is 0 Å². The largest absolute Gasteiger partial charge is 0.493 e. The minimum atomic E-state index is -0.376. The molecule has 0 saturated carbocycles. The number of anilines is 1. The molecule has 4 aromatic rings. The summed E-state index contributed by atoms with van der Waals surface area (Å²) in [5.41, 5.74) is 1.98. The van der Waals surface area contributed by atoms with E-state index in [4.69, 9.17) is 26.4 Å². The van der Waals surface area contributed by atoms with Gasteiger partial charge < -0.3 is 24.5 Å². The lowest BCUT2D eigenvalue weighted by Gasteiger charge is -2.15. The molecule has 8 nitrogen and oxygen atoms in total. The molecule has 2 N–H and O–H groups in total. The van der Waals surface area contributed by atoms with Crippen LogP contribution in [0.15, 0.2) is 63.9 Å². The number of carbonyl (C=O) groups excluding carboxylic acids is 1. The van der Waals surface area contributed by atoms with Crippen LogP contribution >= 0.6 is 28.1 Å². The summed E-state index contributed by atoms with van der Waals surface area (Å²) in [5, 5.41) is 3.25. The lowest BCUT2D eigenvalue weighted by Crippen LogP contribution is -2.23. The molecule has 0 saturated heterocycles. The zero-order valence-electron chi connectivity index (χ0n) is 19.2. The maximum absolute atomic E-state index is 13.1. The van der Waals surface area contributed by atoms with Crippen molar-refractivity contribution in [2.75, 3.05) is 26.6 Å². The quantitative estimate of drug-likeness (QED) is 0.306. The van der Waals surface area contributed by atoms with Crippen LogP contribution < -0.4 is 25.1 Å². The van der Waals surface area contributed by atoms with Crippen LogP contribution in [-0.4, -0.2) is 36.8 Å². The number of amides is 1. The third-order valence-electron chi connectivity index (χ3n) is 5.40. The molecule has 4 rings (SSSR count). The second-order valence-electron chi connectivity index (χ2n) is 7.58. The van der Waals surface area contributed by atoms with E-state index in [0.717, 1.165) is 10.0 Å². The first-order chi connectivity index (χ1) is 16.8. The number of methoxy groups -OCH3 is 3. The first kappa shape index (κ1) is 24.5. The summed E-state index contributed by atoms with van der Waals surface area (Å²) >= 11 is 8.89. The number of nitrogens with zero attached hydrogens (tertiary/aromatic N) is 1. The summed E-state index contributed by atoms with van der Waals surface area (Å²) in [7, 11) is 4.50. The summed E-state index contributed by atoms with van der Waals surface area (Å²) in [6, 6.07) is 15.7. The number of rotatable bonds is 7. The molecule has 0 unspecified atom stereocenters. The normalized spacial score (nSPS) is 10.7. The zero-order valence-corrected chi connectivity index (χ0v) is 21.6. The topological polar surface area (TPSA) is 94.6 Å². The van der Waals surface area contributed by atoms with E-state index in [-0.39, 0.29) is 16.2 Å². The third kappa shape index (κ3) is 5.08. The van der Waals surface area contributed by atoms with Crippen LogP contribution in [0.2, 0.25) is 0 Å². The molecule has 0 radical (unpaired) electrons. The highest BCUT2D eigenvalue weighted by Gasteiger charge is 2.16. The van der Waals surface area contributed by atoms with Crippen molar-refractivity contribution in [3.63, 3.8) is 0 Å². The Morgan fingerprint density at radius 1 is 1.03 bits per heavy atom. The number of aromatic amines is 1. The first-order valence-corrected chi connectivity index (χ1v) is 11.7. The van der Waals surface area contributed by atoms with E-state index in [1.54, 1.807) is 30.3 Å². The minimum Gasteiger partial charge on any atom is -0.493 e. The molecule has 1 aromatic heterocycles. The Bertz CT molecular complexity index is 1520. The Labute approximate surface area is 214 Å². The highest BCUT2D eigenvalue weighted by atomic mass is 79.9. The van der Waals surface area contributed by atoms with E-state index < -0.39 is 0 Å². The number of nitrogens with one attached hydrogen (secondary N) is 2. The molecular weight excluding hydrogens is 534 g/mol. The van der Waals surface area contributed by atoms with Crippen LogP contribution in [0.4, 0.5) is 5.69 Å². The summed E-state index contributed by atoms with van der Waals surface area (Å²) in [4.78, 5) is 29.2. The maximum atomic E-state index is 13.1. The number of aromatic nitrogens is 2. The van der Waals surface area contributed by atoms with Gasteiger partial charge in [-0.15, -0.1) is 0 Å². The van der Waals surface area contributed by atoms with Crippen molar-refractivity contribution in [3.05, 3.63) is 85.3 Å². The van der Waals surface area contributed by atoms with Crippen molar-refractivity contribution >= 4 is 50.6 Å². The summed E-state index contributed by atoms with van der Waals surface area (Å²) in [5.74, 6) is 0.871. The van der Waals surface area contributed by atoms with E-state index in [1.807, 2.05) is 24.3 Å². The van der Waals surface area contributed by atoms with Gasteiger partial charge in [-0.1, -0.05) is 28.1 Å². The Morgan fingerprint density at radius 2 is 1.74 bits per heavy atom. The SMILES string of the molecule is COc1cc(NC(=O)c2ccc3c(=O)n(Cc4cccc(Br)c4)c(=S)[nH]c3c2)cc(OC)c1OC. The van der Waals surface area contributed by atoms with Crippen molar-refractivity contribution < 1.29 is 19.0 Å². The minimum absolute atomic E-state index is 0.236. The Morgan fingerprint density at radius 3 is 2.37 bits per heavy atom. The fraction of sp³-hybridized carbons (Fsp3) is 0.160. The standard InChI is InChI=1S/C25H22BrN3O5S/c1-32-20-11-17(12-21(33-2)22(20)34-3)27-23(30)15-7-8-18-19(10-15)28-25(35)29(24(18)31)13-14-5-4-6-16(26)9-14/h4-12H,13H2,1-3H3,(H,27,30)(H,28,35). The Hall–Kier alpha value is -3.63. The number of H-pyrrole nitrogens is 1. The van der Waals surface area contributed by atoms with Gasteiger partial charge in [0.15, 0.2) is 16.3 Å². The number of carbonyl (C=O) groups is 1. The Kier molecular flexibility index (Phi) is 7.23. The van der Waals surface area contributed by atoms with Gasteiger partial charge in [0, 0.05) is 27.9 Å². The van der Waals surface area contributed by atoms with Gasteiger partial charge in [0.1, 0.15) is 0 Å². The number of ether oxygens (including phenoxy) is 3.